The molecule has 0 saturated carbocycles. The summed E-state index contributed by atoms with van der Waals surface area (Å²) in [6, 6.07) is -1.22. The Morgan fingerprint density at radius 1 is 1.38 bits per heavy atom. The molecule has 0 amide bonds. The second kappa shape index (κ2) is 6.44. The molecule has 0 aromatic rings. The molecule has 16 heavy (non-hydrogen) atoms. The molecule has 7 nitrogen and oxygen atoms in total. The highest BCUT2D eigenvalue weighted by atomic mass is 32.2. The smallest absolute Gasteiger partial charge is 0.322 e. The molecule has 2 N–H and O–H groups in total. The second-order valence-corrected chi connectivity index (χ2v) is 4.73. The normalized spacial score (nSPS) is 13.1. The minimum atomic E-state index is -3.96. The number of aliphatic carboxylic acids is 1. The van der Waals surface area contributed by atoms with Crippen molar-refractivity contribution in [3.63, 3.8) is 0 Å². The first-order chi connectivity index (χ1) is 7.32. The molecule has 8 heteroatoms. The van der Waals surface area contributed by atoms with Crippen LogP contribution < -0.4 is 4.72 Å². The second-order valence-electron chi connectivity index (χ2n) is 2.98. The maximum Gasteiger partial charge on any atom is 0.322 e. The Hall–Kier alpha value is -1.15. The van der Waals surface area contributed by atoms with Gasteiger partial charge in [-0.3, -0.25) is 9.59 Å². The van der Waals surface area contributed by atoms with Crippen LogP contribution in [0.5, 0.6) is 0 Å². The average molecular weight is 253 g/mol. The van der Waals surface area contributed by atoms with Crippen LogP contribution in [0.3, 0.4) is 0 Å². The van der Waals surface area contributed by atoms with E-state index in [1.165, 1.54) is 6.92 Å². The molecular weight excluding hydrogens is 238 g/mol. The van der Waals surface area contributed by atoms with Crippen LogP contribution in [0.2, 0.25) is 0 Å². The van der Waals surface area contributed by atoms with Crippen molar-refractivity contribution in [1.82, 2.24) is 4.72 Å². The topological polar surface area (TPSA) is 110 Å². The van der Waals surface area contributed by atoms with Crippen LogP contribution in [-0.2, 0) is 24.3 Å². The average Bonchev–Trinajstić information content (AvgIpc) is 2.13. The summed E-state index contributed by atoms with van der Waals surface area (Å²) in [6.45, 7) is 3.14. The predicted octanol–water partition coefficient (Wildman–Crippen LogP) is -0.668. The van der Waals surface area contributed by atoms with Crippen LogP contribution in [0.4, 0.5) is 0 Å². The van der Waals surface area contributed by atoms with E-state index in [0.29, 0.717) is 0 Å². The van der Waals surface area contributed by atoms with Crippen molar-refractivity contribution in [3.8, 4) is 0 Å². The summed E-state index contributed by atoms with van der Waals surface area (Å²) < 4.78 is 29.0. The fraction of sp³-hybridized carbons (Fsp3) is 0.750. The Morgan fingerprint density at radius 2 is 1.94 bits per heavy atom. The molecule has 0 heterocycles. The van der Waals surface area contributed by atoms with Gasteiger partial charge in [-0.2, -0.15) is 0 Å². The molecule has 0 radical (unpaired) electrons. The van der Waals surface area contributed by atoms with Crippen molar-refractivity contribution >= 4 is 22.0 Å². The van der Waals surface area contributed by atoms with E-state index >= 15 is 0 Å². The maximum absolute atomic E-state index is 11.3. The quantitative estimate of drug-likeness (QED) is 0.582. The van der Waals surface area contributed by atoms with Crippen molar-refractivity contribution in [2.24, 2.45) is 0 Å². The van der Waals surface area contributed by atoms with E-state index in [1.54, 1.807) is 6.92 Å². The van der Waals surface area contributed by atoms with Gasteiger partial charge >= 0.3 is 11.9 Å². The number of carboxylic acid groups (broad SMARTS) is 1. The number of rotatable bonds is 7. The van der Waals surface area contributed by atoms with Crippen molar-refractivity contribution in [1.29, 1.82) is 0 Å². The van der Waals surface area contributed by atoms with Crippen LogP contribution in [0, 0.1) is 0 Å². The standard InChI is InChI=1S/C8H15NO6S/c1-3-6(8(11)12)9-16(13,14)5-7(10)15-4-2/h6,9H,3-5H2,1-2H3,(H,11,12)/t6-/m1/s1. The molecule has 0 spiro atoms. The van der Waals surface area contributed by atoms with Gasteiger partial charge in [0.15, 0.2) is 5.75 Å². The van der Waals surface area contributed by atoms with Crippen molar-refractivity contribution in [3.05, 3.63) is 0 Å². The predicted molar refractivity (Wildman–Crippen MR) is 55.3 cm³/mol. The van der Waals surface area contributed by atoms with E-state index in [-0.39, 0.29) is 13.0 Å². The molecule has 94 valence electrons. The highest BCUT2D eigenvalue weighted by molar-refractivity contribution is 7.90. The third-order valence-corrected chi connectivity index (χ3v) is 2.90. The Morgan fingerprint density at radius 3 is 2.31 bits per heavy atom. The fourth-order valence-electron chi connectivity index (χ4n) is 0.925. The molecular formula is C8H15NO6S. The first kappa shape index (κ1) is 14.8. The zero-order valence-electron chi connectivity index (χ0n) is 9.10. The molecule has 0 aromatic heterocycles. The van der Waals surface area contributed by atoms with E-state index in [1.807, 2.05) is 4.72 Å². The monoisotopic (exact) mass is 253 g/mol. The van der Waals surface area contributed by atoms with Crippen molar-refractivity contribution in [2.75, 3.05) is 12.4 Å². The number of sulfonamides is 1. The zero-order chi connectivity index (χ0) is 12.8. The van der Waals surface area contributed by atoms with E-state index in [0.717, 1.165) is 0 Å². The van der Waals surface area contributed by atoms with Crippen LogP contribution in [0.1, 0.15) is 20.3 Å². The molecule has 0 aliphatic carbocycles. The van der Waals surface area contributed by atoms with E-state index in [4.69, 9.17) is 5.11 Å². The lowest BCUT2D eigenvalue weighted by Crippen LogP contribution is -2.42. The maximum atomic E-state index is 11.3. The van der Waals surface area contributed by atoms with Crippen LogP contribution in [0.25, 0.3) is 0 Å². The van der Waals surface area contributed by atoms with Gasteiger partial charge in [0.25, 0.3) is 0 Å². The molecule has 0 fully saturated rings. The summed E-state index contributed by atoms with van der Waals surface area (Å²) in [5.74, 6) is -3.06. The Bertz CT molecular complexity index is 350. The SMILES string of the molecule is CCOC(=O)CS(=O)(=O)N[C@H](CC)C(=O)O. The molecule has 0 rings (SSSR count). The van der Waals surface area contributed by atoms with Crippen LogP contribution in [-0.4, -0.2) is 43.9 Å². The lowest BCUT2D eigenvalue weighted by molar-refractivity contribution is -0.141. The first-order valence-electron chi connectivity index (χ1n) is 4.70. The number of ether oxygens (including phenoxy) is 1. The van der Waals surface area contributed by atoms with E-state index in [9.17, 15) is 18.0 Å². The highest BCUT2D eigenvalue weighted by Crippen LogP contribution is 1.96. The molecule has 0 aliphatic rings. The summed E-state index contributed by atoms with van der Waals surface area (Å²) >= 11 is 0. The van der Waals surface area contributed by atoms with Crippen LogP contribution >= 0.6 is 0 Å². The van der Waals surface area contributed by atoms with E-state index in [2.05, 4.69) is 4.74 Å². The van der Waals surface area contributed by atoms with Crippen molar-refractivity contribution < 1.29 is 27.9 Å². The van der Waals surface area contributed by atoms with Crippen LogP contribution in [0.15, 0.2) is 0 Å². The number of esters is 1. The highest BCUT2D eigenvalue weighted by Gasteiger charge is 2.24. The third kappa shape index (κ3) is 5.66. The summed E-state index contributed by atoms with van der Waals surface area (Å²) in [5.41, 5.74) is 0. The minimum Gasteiger partial charge on any atom is -0.480 e. The third-order valence-electron chi connectivity index (χ3n) is 1.64. The summed E-state index contributed by atoms with van der Waals surface area (Å²) in [6.07, 6.45) is 0.0946. The molecule has 0 aliphatic heterocycles. The van der Waals surface area contributed by atoms with E-state index < -0.39 is 33.8 Å². The summed E-state index contributed by atoms with van der Waals surface area (Å²) in [5, 5.41) is 8.63. The van der Waals surface area contributed by atoms with Gasteiger partial charge in [0.1, 0.15) is 6.04 Å². The van der Waals surface area contributed by atoms with Gasteiger partial charge in [0.05, 0.1) is 6.61 Å². The van der Waals surface area contributed by atoms with Gasteiger partial charge in [-0.05, 0) is 13.3 Å². The van der Waals surface area contributed by atoms with Gasteiger partial charge in [0.2, 0.25) is 10.0 Å². The number of nitrogens with one attached hydrogen (secondary N) is 1. The Kier molecular flexibility index (Phi) is 5.97. The molecule has 0 saturated heterocycles. The molecule has 1 atom stereocenters. The molecule has 0 unspecified atom stereocenters. The lowest BCUT2D eigenvalue weighted by Gasteiger charge is -2.11. The summed E-state index contributed by atoms with van der Waals surface area (Å²) in [4.78, 5) is 21.5. The largest absolute Gasteiger partial charge is 0.480 e. The van der Waals surface area contributed by atoms with Gasteiger partial charge < -0.3 is 9.84 Å². The Labute approximate surface area is 93.8 Å². The van der Waals surface area contributed by atoms with Gasteiger partial charge in [-0.15, -0.1) is 0 Å². The lowest BCUT2D eigenvalue weighted by atomic mass is 10.2. The number of carbonyl (C=O) groups excluding carboxylic acids is 1. The number of hydrogen-bond donors (Lipinski definition) is 2. The number of carboxylic acids is 1. The first-order valence-corrected chi connectivity index (χ1v) is 6.36. The zero-order valence-corrected chi connectivity index (χ0v) is 9.91. The Balaban J connectivity index is 4.45. The minimum absolute atomic E-state index is 0.0739. The van der Waals surface area contributed by atoms with Crippen molar-refractivity contribution in [2.45, 2.75) is 26.3 Å². The van der Waals surface area contributed by atoms with Gasteiger partial charge in [-0.25, -0.2) is 13.1 Å². The van der Waals surface area contributed by atoms with Gasteiger partial charge in [-0.1, -0.05) is 6.92 Å². The molecule has 0 aromatic carbocycles. The number of carbonyl (C=O) groups is 2. The summed E-state index contributed by atoms with van der Waals surface area (Å²) in [7, 11) is -3.96. The number of hydrogen-bond acceptors (Lipinski definition) is 5. The fourth-order valence-corrected chi connectivity index (χ4v) is 2.10. The molecule has 0 bridgehead atoms. The van der Waals surface area contributed by atoms with Gasteiger partial charge in [0, 0.05) is 0 Å².